The lowest BCUT2D eigenvalue weighted by Crippen LogP contribution is -2.59. The number of aliphatic hydroxyl groups is 1. The Morgan fingerprint density at radius 1 is 1.32 bits per heavy atom. The van der Waals surface area contributed by atoms with Crippen molar-refractivity contribution in [2.45, 2.75) is 43.7 Å². The van der Waals surface area contributed by atoms with Crippen molar-refractivity contribution in [1.29, 1.82) is 0 Å². The van der Waals surface area contributed by atoms with Crippen LogP contribution in [0.4, 0.5) is 13.2 Å². The third kappa shape index (κ3) is 3.10. The molecule has 2 unspecified atom stereocenters. The fourth-order valence-electron chi connectivity index (χ4n) is 3.00. The number of likely N-dealkylation sites (N-methyl/N-ethyl adjacent to an activating group) is 1. The number of carbonyl (C=O) groups is 1. The summed E-state index contributed by atoms with van der Waals surface area (Å²) in [6.45, 7) is 1.43. The molecule has 1 fully saturated rings. The van der Waals surface area contributed by atoms with Gasteiger partial charge in [-0.2, -0.15) is 0 Å². The van der Waals surface area contributed by atoms with E-state index in [1.54, 1.807) is 13.1 Å². The first kappa shape index (κ1) is 16.8. The van der Waals surface area contributed by atoms with Crippen molar-refractivity contribution < 1.29 is 27.8 Å². The molecule has 1 aromatic carbocycles. The summed E-state index contributed by atoms with van der Waals surface area (Å²) in [7, 11) is 1.55. The summed E-state index contributed by atoms with van der Waals surface area (Å²) in [5.74, 6) is -0.837. The minimum absolute atomic E-state index is 0.327. The maximum Gasteiger partial charge on any atom is 0.573 e. The zero-order valence-corrected chi connectivity index (χ0v) is 12.3. The number of benzene rings is 1. The van der Waals surface area contributed by atoms with Crippen LogP contribution in [0.1, 0.15) is 31.7 Å². The number of ether oxygens (including phenoxy) is 1. The highest BCUT2D eigenvalue weighted by Crippen LogP contribution is 2.40. The second-order valence-electron chi connectivity index (χ2n) is 5.69. The highest BCUT2D eigenvalue weighted by atomic mass is 19.4. The van der Waals surface area contributed by atoms with Crippen LogP contribution in [0.2, 0.25) is 0 Å². The van der Waals surface area contributed by atoms with Crippen molar-refractivity contribution in [3.63, 3.8) is 0 Å². The Morgan fingerprint density at radius 3 is 2.59 bits per heavy atom. The summed E-state index contributed by atoms with van der Waals surface area (Å²) in [6, 6.07) is 5.31. The van der Waals surface area contributed by atoms with Crippen LogP contribution in [0.3, 0.4) is 0 Å². The molecule has 0 bridgehead atoms. The molecule has 4 nitrogen and oxygen atoms in total. The molecule has 0 radical (unpaired) electrons. The monoisotopic (exact) mass is 317 g/mol. The SMILES string of the molecule is CNC1(c2cccc(OC(F)(F)F)c2)CCCC(C)(O)C1=O. The molecule has 1 aliphatic rings. The quantitative estimate of drug-likeness (QED) is 0.899. The van der Waals surface area contributed by atoms with E-state index in [-0.39, 0.29) is 0 Å². The van der Waals surface area contributed by atoms with Crippen LogP contribution >= 0.6 is 0 Å². The first-order valence-corrected chi connectivity index (χ1v) is 6.93. The molecule has 0 spiro atoms. The predicted octanol–water partition coefficient (Wildman–Crippen LogP) is 2.50. The van der Waals surface area contributed by atoms with Gasteiger partial charge >= 0.3 is 6.36 Å². The largest absolute Gasteiger partial charge is 0.573 e. The fourth-order valence-corrected chi connectivity index (χ4v) is 3.00. The minimum Gasteiger partial charge on any atom is -0.406 e. The van der Waals surface area contributed by atoms with Gasteiger partial charge in [-0.15, -0.1) is 13.2 Å². The van der Waals surface area contributed by atoms with Crippen molar-refractivity contribution in [3.8, 4) is 5.75 Å². The van der Waals surface area contributed by atoms with Crippen molar-refractivity contribution in [1.82, 2.24) is 5.32 Å². The van der Waals surface area contributed by atoms with Crippen molar-refractivity contribution in [3.05, 3.63) is 29.8 Å². The number of Topliss-reactive ketones (excluding diaryl/α,β-unsaturated/α-hetero) is 1. The minimum atomic E-state index is -4.80. The molecule has 0 saturated heterocycles. The summed E-state index contributed by atoms with van der Waals surface area (Å²) in [6.07, 6.45) is -3.50. The van der Waals surface area contributed by atoms with Crippen molar-refractivity contribution >= 4 is 5.78 Å². The summed E-state index contributed by atoms with van der Waals surface area (Å²) in [5, 5.41) is 13.1. The summed E-state index contributed by atoms with van der Waals surface area (Å²) >= 11 is 0. The topological polar surface area (TPSA) is 58.6 Å². The zero-order valence-electron chi connectivity index (χ0n) is 12.3. The van der Waals surface area contributed by atoms with E-state index >= 15 is 0 Å². The van der Waals surface area contributed by atoms with E-state index in [1.807, 2.05) is 0 Å². The number of ketones is 1. The van der Waals surface area contributed by atoms with Crippen molar-refractivity contribution in [2.24, 2.45) is 0 Å². The molecule has 0 aromatic heterocycles. The summed E-state index contributed by atoms with van der Waals surface area (Å²) in [5.41, 5.74) is -2.38. The Bertz CT molecular complexity index is 571. The molecular weight excluding hydrogens is 299 g/mol. The predicted molar refractivity (Wildman–Crippen MR) is 73.3 cm³/mol. The van der Waals surface area contributed by atoms with Gasteiger partial charge in [0.2, 0.25) is 0 Å². The van der Waals surface area contributed by atoms with Gasteiger partial charge in [0.25, 0.3) is 0 Å². The van der Waals surface area contributed by atoms with Crippen LogP contribution in [-0.4, -0.2) is 29.9 Å². The molecule has 0 aliphatic heterocycles. The van der Waals surface area contributed by atoms with E-state index in [2.05, 4.69) is 10.1 Å². The molecule has 7 heteroatoms. The van der Waals surface area contributed by atoms with Crippen molar-refractivity contribution in [2.75, 3.05) is 7.05 Å². The molecule has 1 aromatic rings. The van der Waals surface area contributed by atoms with Gasteiger partial charge < -0.3 is 15.2 Å². The van der Waals surface area contributed by atoms with Gasteiger partial charge in [-0.3, -0.25) is 4.79 Å². The van der Waals surface area contributed by atoms with Gasteiger partial charge in [-0.05, 0) is 50.9 Å². The van der Waals surface area contributed by atoms with Crippen LogP contribution in [0.25, 0.3) is 0 Å². The van der Waals surface area contributed by atoms with Crippen LogP contribution in [0.15, 0.2) is 24.3 Å². The lowest BCUT2D eigenvalue weighted by Gasteiger charge is -2.42. The van der Waals surface area contributed by atoms with Gasteiger partial charge in [0, 0.05) is 0 Å². The number of halogens is 3. The van der Waals surface area contributed by atoms with E-state index in [1.165, 1.54) is 25.1 Å². The average molecular weight is 317 g/mol. The highest BCUT2D eigenvalue weighted by molar-refractivity contribution is 5.96. The summed E-state index contributed by atoms with van der Waals surface area (Å²) in [4.78, 5) is 12.6. The second kappa shape index (κ2) is 5.55. The number of rotatable bonds is 3. The molecule has 0 heterocycles. The Morgan fingerprint density at radius 2 is 2.00 bits per heavy atom. The Hall–Kier alpha value is -1.60. The van der Waals surface area contributed by atoms with E-state index in [0.29, 0.717) is 24.8 Å². The molecule has 0 amide bonds. The number of hydrogen-bond acceptors (Lipinski definition) is 4. The van der Waals surface area contributed by atoms with Gasteiger partial charge in [0.1, 0.15) is 16.9 Å². The average Bonchev–Trinajstić information content (AvgIpc) is 2.40. The van der Waals surface area contributed by atoms with E-state index in [4.69, 9.17) is 0 Å². The van der Waals surface area contributed by atoms with Crippen LogP contribution in [0.5, 0.6) is 5.75 Å². The second-order valence-corrected chi connectivity index (χ2v) is 5.69. The first-order chi connectivity index (χ1) is 10.1. The number of carbonyl (C=O) groups excluding carboxylic acids is 1. The zero-order chi connectivity index (χ0) is 16.6. The van der Waals surface area contributed by atoms with E-state index in [0.717, 1.165) is 0 Å². The number of alkyl halides is 3. The van der Waals surface area contributed by atoms with E-state index < -0.39 is 29.0 Å². The Labute approximate surface area is 126 Å². The fraction of sp³-hybridized carbons (Fsp3) is 0.533. The molecule has 1 aliphatic carbocycles. The first-order valence-electron chi connectivity index (χ1n) is 6.93. The lowest BCUT2D eigenvalue weighted by molar-refractivity contribution is -0.274. The van der Waals surface area contributed by atoms with Gasteiger partial charge in [0.05, 0.1) is 0 Å². The standard InChI is InChI=1S/C15H18F3NO3/c1-13(21)7-4-8-14(19-2,12(13)20)10-5-3-6-11(9-10)22-15(16,17)18/h3,5-6,9,19,21H,4,7-8H2,1-2H3. The Kier molecular flexibility index (Phi) is 4.23. The Balaban J connectivity index is 2.43. The van der Waals surface area contributed by atoms with E-state index in [9.17, 15) is 23.1 Å². The molecule has 2 atom stereocenters. The maximum absolute atomic E-state index is 12.6. The molecule has 22 heavy (non-hydrogen) atoms. The number of hydrogen-bond donors (Lipinski definition) is 2. The molecule has 1 saturated carbocycles. The third-order valence-corrected chi connectivity index (χ3v) is 4.08. The van der Waals surface area contributed by atoms with Gasteiger partial charge in [0.15, 0.2) is 5.78 Å². The van der Waals surface area contributed by atoms with Crippen LogP contribution < -0.4 is 10.1 Å². The van der Waals surface area contributed by atoms with Crippen LogP contribution in [-0.2, 0) is 10.3 Å². The van der Waals surface area contributed by atoms with Gasteiger partial charge in [-0.1, -0.05) is 12.1 Å². The molecular formula is C15H18F3NO3. The number of nitrogens with one attached hydrogen (secondary N) is 1. The van der Waals surface area contributed by atoms with Crippen LogP contribution in [0, 0.1) is 0 Å². The normalized spacial score (nSPS) is 29.5. The molecule has 122 valence electrons. The summed E-state index contributed by atoms with van der Waals surface area (Å²) < 4.78 is 41.0. The van der Waals surface area contributed by atoms with Gasteiger partial charge in [-0.25, -0.2) is 0 Å². The molecule has 2 rings (SSSR count). The smallest absolute Gasteiger partial charge is 0.406 e. The maximum atomic E-state index is 12.6. The molecule has 2 N–H and O–H groups in total. The third-order valence-electron chi connectivity index (χ3n) is 4.08. The highest BCUT2D eigenvalue weighted by Gasteiger charge is 2.50. The lowest BCUT2D eigenvalue weighted by atomic mass is 9.69.